The Bertz CT molecular complexity index is 909. The molecule has 1 aromatic heterocycles. The molecule has 3 aromatic rings. The molecule has 0 aliphatic carbocycles. The molecule has 0 aliphatic heterocycles. The Morgan fingerprint density at radius 3 is 2.50 bits per heavy atom. The first kappa shape index (κ1) is 17.2. The number of anilines is 1. The summed E-state index contributed by atoms with van der Waals surface area (Å²) in [5.74, 6) is 0.119. The third-order valence-electron chi connectivity index (χ3n) is 3.52. The molecule has 0 saturated carbocycles. The maximum absolute atomic E-state index is 12.8. The maximum Gasteiger partial charge on any atom is 0.134 e. The zero-order chi connectivity index (χ0) is 17.9. The summed E-state index contributed by atoms with van der Waals surface area (Å²) in [6, 6.07) is 9.87. The van der Waals surface area contributed by atoms with E-state index in [2.05, 4.69) is 4.98 Å². The number of amidine groups is 1. The third-order valence-corrected chi connectivity index (χ3v) is 3.52. The molecule has 6 heteroatoms. The Labute approximate surface area is 139 Å². The molecule has 3 rings (SSSR count). The van der Waals surface area contributed by atoms with Gasteiger partial charge >= 0.3 is 0 Å². The lowest BCUT2D eigenvalue weighted by atomic mass is 10.1. The molecule has 0 fully saturated rings. The van der Waals surface area contributed by atoms with Gasteiger partial charge < -0.3 is 16.6 Å². The Kier molecular flexibility index (Phi) is 4.99. The molecule has 5 nitrogen and oxygen atoms in total. The largest absolute Gasteiger partial charge is 0.508 e. The van der Waals surface area contributed by atoms with Gasteiger partial charge in [-0.2, -0.15) is 0 Å². The SMILES string of the molecule is Cc1cc2c(N)nccc2cc1O.Cc1ccc(F)c(C(=N)N)c1. The van der Waals surface area contributed by atoms with Gasteiger partial charge in [-0.1, -0.05) is 11.6 Å². The van der Waals surface area contributed by atoms with Crippen LogP contribution in [0.4, 0.5) is 10.2 Å². The first-order valence-electron chi connectivity index (χ1n) is 7.24. The van der Waals surface area contributed by atoms with E-state index in [-0.39, 0.29) is 17.1 Å². The molecule has 24 heavy (non-hydrogen) atoms. The average Bonchev–Trinajstić information content (AvgIpc) is 2.52. The number of rotatable bonds is 1. The van der Waals surface area contributed by atoms with Gasteiger partial charge in [-0.05, 0) is 55.1 Å². The van der Waals surface area contributed by atoms with Crippen molar-refractivity contribution in [2.24, 2.45) is 5.73 Å². The Hall–Kier alpha value is -3.15. The molecule has 0 spiro atoms. The van der Waals surface area contributed by atoms with Crippen molar-refractivity contribution in [2.45, 2.75) is 13.8 Å². The first-order chi connectivity index (χ1) is 11.3. The number of phenolic OH excluding ortho intramolecular Hbond substituents is 1. The van der Waals surface area contributed by atoms with E-state index in [4.69, 9.17) is 16.9 Å². The number of nitrogens with zero attached hydrogens (tertiary/aromatic N) is 1. The molecule has 0 bridgehead atoms. The number of halogens is 1. The van der Waals surface area contributed by atoms with Crippen molar-refractivity contribution in [3.05, 3.63) is 65.1 Å². The summed E-state index contributed by atoms with van der Waals surface area (Å²) in [4.78, 5) is 3.97. The number of pyridine rings is 1. The van der Waals surface area contributed by atoms with E-state index in [1.54, 1.807) is 24.4 Å². The summed E-state index contributed by atoms with van der Waals surface area (Å²) in [6.07, 6.45) is 1.63. The number of hydrogen-bond acceptors (Lipinski definition) is 4. The molecule has 0 amide bonds. The number of hydrogen-bond donors (Lipinski definition) is 4. The van der Waals surface area contributed by atoms with Gasteiger partial charge in [0.05, 0.1) is 5.56 Å². The predicted molar refractivity (Wildman–Crippen MR) is 94.7 cm³/mol. The van der Waals surface area contributed by atoms with Crippen LogP contribution in [0.15, 0.2) is 42.6 Å². The summed E-state index contributed by atoms with van der Waals surface area (Å²) in [7, 11) is 0. The number of phenols is 1. The number of aromatic nitrogens is 1. The molecular formula is C18H19FN4O. The van der Waals surface area contributed by atoms with Gasteiger partial charge in [-0.3, -0.25) is 5.41 Å². The molecule has 0 atom stereocenters. The van der Waals surface area contributed by atoms with Gasteiger partial charge in [0.25, 0.3) is 0 Å². The molecular weight excluding hydrogens is 307 g/mol. The first-order valence-corrected chi connectivity index (χ1v) is 7.24. The van der Waals surface area contributed by atoms with Gasteiger partial charge in [-0.25, -0.2) is 9.37 Å². The Morgan fingerprint density at radius 1 is 1.17 bits per heavy atom. The topological polar surface area (TPSA) is 109 Å². The van der Waals surface area contributed by atoms with E-state index in [0.29, 0.717) is 5.82 Å². The van der Waals surface area contributed by atoms with Crippen LogP contribution in [0, 0.1) is 25.1 Å². The third kappa shape index (κ3) is 3.78. The van der Waals surface area contributed by atoms with Crippen LogP contribution in [0.3, 0.4) is 0 Å². The van der Waals surface area contributed by atoms with Crippen molar-refractivity contribution in [1.82, 2.24) is 4.98 Å². The Balaban J connectivity index is 0.000000177. The van der Waals surface area contributed by atoms with Crippen LogP contribution >= 0.6 is 0 Å². The fourth-order valence-corrected chi connectivity index (χ4v) is 2.19. The normalized spacial score (nSPS) is 10.1. The standard InChI is InChI=1S/C10H10N2O.C8H9FN2/c1-6-4-8-7(5-9(6)13)2-3-12-10(8)11;1-5-2-3-7(9)6(4-5)8(10)11/h2-5,13H,1H3,(H2,11,12);2-4H,1H3,(H3,10,11). The Morgan fingerprint density at radius 2 is 1.88 bits per heavy atom. The highest BCUT2D eigenvalue weighted by atomic mass is 19.1. The quantitative estimate of drug-likeness (QED) is 0.406. The van der Waals surface area contributed by atoms with Crippen LogP contribution in [-0.4, -0.2) is 15.9 Å². The lowest BCUT2D eigenvalue weighted by molar-refractivity contribution is 0.472. The number of aromatic hydroxyl groups is 1. The molecule has 0 unspecified atom stereocenters. The van der Waals surface area contributed by atoms with Crippen LogP contribution in [0.25, 0.3) is 10.8 Å². The zero-order valence-corrected chi connectivity index (χ0v) is 13.5. The van der Waals surface area contributed by atoms with Gasteiger partial charge in [0.2, 0.25) is 0 Å². The summed E-state index contributed by atoms with van der Waals surface area (Å²) in [5, 5.41) is 18.3. The zero-order valence-electron chi connectivity index (χ0n) is 13.5. The minimum absolute atomic E-state index is 0.171. The predicted octanol–water partition coefficient (Wildman–Crippen LogP) is 3.25. The van der Waals surface area contributed by atoms with Crippen molar-refractivity contribution in [1.29, 1.82) is 5.41 Å². The number of aryl methyl sites for hydroxylation is 2. The summed E-state index contributed by atoms with van der Waals surface area (Å²) < 4.78 is 12.8. The van der Waals surface area contributed by atoms with Crippen molar-refractivity contribution < 1.29 is 9.50 Å². The molecule has 124 valence electrons. The van der Waals surface area contributed by atoms with Crippen LogP contribution in [0.1, 0.15) is 16.7 Å². The number of nitrogens with two attached hydrogens (primary N) is 2. The van der Waals surface area contributed by atoms with E-state index < -0.39 is 5.82 Å². The second kappa shape index (κ2) is 6.95. The van der Waals surface area contributed by atoms with Crippen LogP contribution < -0.4 is 11.5 Å². The summed E-state index contributed by atoms with van der Waals surface area (Å²) >= 11 is 0. The van der Waals surface area contributed by atoms with E-state index >= 15 is 0 Å². The van der Waals surface area contributed by atoms with Gasteiger partial charge in [-0.15, -0.1) is 0 Å². The van der Waals surface area contributed by atoms with Crippen molar-refractivity contribution in [3.8, 4) is 5.75 Å². The highest BCUT2D eigenvalue weighted by Crippen LogP contribution is 2.26. The minimum Gasteiger partial charge on any atom is -0.508 e. The minimum atomic E-state index is -0.442. The van der Waals surface area contributed by atoms with Gasteiger partial charge in [0, 0.05) is 11.6 Å². The summed E-state index contributed by atoms with van der Waals surface area (Å²) in [5.41, 5.74) is 12.7. The van der Waals surface area contributed by atoms with Crippen molar-refractivity contribution >= 4 is 22.4 Å². The van der Waals surface area contributed by atoms with Crippen LogP contribution in [0.5, 0.6) is 5.75 Å². The second-order valence-corrected chi connectivity index (χ2v) is 5.45. The van der Waals surface area contributed by atoms with E-state index in [1.807, 2.05) is 26.0 Å². The number of benzene rings is 2. The van der Waals surface area contributed by atoms with E-state index in [9.17, 15) is 9.50 Å². The second-order valence-electron chi connectivity index (χ2n) is 5.45. The monoisotopic (exact) mass is 326 g/mol. The fourth-order valence-electron chi connectivity index (χ4n) is 2.19. The van der Waals surface area contributed by atoms with Gasteiger partial charge in [0.1, 0.15) is 23.2 Å². The number of fused-ring (bicyclic) bond motifs is 1. The van der Waals surface area contributed by atoms with E-state index in [0.717, 1.165) is 21.9 Å². The number of nitrogens with one attached hydrogen (secondary N) is 1. The maximum atomic E-state index is 12.8. The molecule has 2 aromatic carbocycles. The average molecular weight is 326 g/mol. The number of nitrogen functional groups attached to an aromatic ring is 2. The highest BCUT2D eigenvalue weighted by molar-refractivity contribution is 5.95. The van der Waals surface area contributed by atoms with Crippen LogP contribution in [-0.2, 0) is 0 Å². The van der Waals surface area contributed by atoms with Crippen LogP contribution in [0.2, 0.25) is 0 Å². The lowest BCUT2D eigenvalue weighted by Gasteiger charge is -2.03. The fraction of sp³-hybridized carbons (Fsp3) is 0.111. The molecule has 1 heterocycles. The molecule has 0 aliphatic rings. The smallest absolute Gasteiger partial charge is 0.134 e. The molecule has 0 saturated heterocycles. The van der Waals surface area contributed by atoms with Crippen molar-refractivity contribution in [2.75, 3.05) is 5.73 Å². The molecule has 6 N–H and O–H groups in total. The molecule has 0 radical (unpaired) electrons. The lowest BCUT2D eigenvalue weighted by Crippen LogP contribution is -2.13. The summed E-state index contributed by atoms with van der Waals surface area (Å²) in [6.45, 7) is 3.66. The highest BCUT2D eigenvalue weighted by Gasteiger charge is 2.03. The van der Waals surface area contributed by atoms with Crippen molar-refractivity contribution in [3.63, 3.8) is 0 Å². The van der Waals surface area contributed by atoms with Gasteiger partial charge in [0.15, 0.2) is 0 Å². The van der Waals surface area contributed by atoms with E-state index in [1.165, 1.54) is 6.07 Å².